The highest BCUT2D eigenvalue weighted by atomic mass is 79.9. The third-order valence-corrected chi connectivity index (χ3v) is 3.96. The van der Waals surface area contributed by atoms with Gasteiger partial charge >= 0.3 is 0 Å². The molecule has 0 saturated heterocycles. The lowest BCUT2D eigenvalue weighted by atomic mass is 10.3. The third kappa shape index (κ3) is 3.71. The van der Waals surface area contributed by atoms with E-state index in [9.17, 15) is 0 Å². The summed E-state index contributed by atoms with van der Waals surface area (Å²) in [6.45, 7) is 0.881. The molecule has 0 aliphatic heterocycles. The van der Waals surface area contributed by atoms with Gasteiger partial charge in [0.25, 0.3) is 0 Å². The molecule has 90 valence electrons. The molecule has 2 aromatic rings. The molecule has 0 spiro atoms. The van der Waals surface area contributed by atoms with Gasteiger partial charge in [-0.25, -0.2) is 4.98 Å². The molecule has 2 rings (SSSR count). The second kappa shape index (κ2) is 6.02. The highest BCUT2D eigenvalue weighted by Gasteiger charge is 1.98. The average molecular weight is 313 g/mol. The molecule has 2 aromatic heterocycles. The fourth-order valence-electron chi connectivity index (χ4n) is 1.41. The highest BCUT2D eigenvalue weighted by Crippen LogP contribution is 2.22. The predicted molar refractivity (Wildman–Crippen MR) is 75.0 cm³/mol. The summed E-state index contributed by atoms with van der Waals surface area (Å²) < 4.78 is 6.23. The van der Waals surface area contributed by atoms with Gasteiger partial charge in [-0.2, -0.15) is 0 Å². The second-order valence-electron chi connectivity index (χ2n) is 3.47. The summed E-state index contributed by atoms with van der Waals surface area (Å²) in [7, 11) is 1.64. The average Bonchev–Trinajstić information content (AvgIpc) is 2.76. The molecule has 17 heavy (non-hydrogen) atoms. The first-order chi connectivity index (χ1) is 8.28. The van der Waals surface area contributed by atoms with Crippen LogP contribution in [0.25, 0.3) is 0 Å². The monoisotopic (exact) mass is 312 g/mol. The van der Waals surface area contributed by atoms with E-state index in [2.05, 4.69) is 38.4 Å². The maximum atomic E-state index is 5.05. The number of anilines is 1. The summed E-state index contributed by atoms with van der Waals surface area (Å²) in [5.74, 6) is 1.65. The van der Waals surface area contributed by atoms with E-state index in [4.69, 9.17) is 4.74 Å². The van der Waals surface area contributed by atoms with Crippen LogP contribution in [-0.4, -0.2) is 18.6 Å². The number of ether oxygens (including phenoxy) is 1. The summed E-state index contributed by atoms with van der Waals surface area (Å²) >= 11 is 5.22. The smallest absolute Gasteiger partial charge is 0.137 e. The van der Waals surface area contributed by atoms with Crippen molar-refractivity contribution >= 4 is 33.1 Å². The molecular weight excluding hydrogens is 300 g/mol. The Bertz CT molecular complexity index is 470. The minimum Gasteiger partial charge on any atom is -0.495 e. The van der Waals surface area contributed by atoms with Crippen LogP contribution in [0.3, 0.4) is 0 Å². The molecule has 0 aromatic carbocycles. The van der Waals surface area contributed by atoms with Gasteiger partial charge in [0, 0.05) is 11.4 Å². The molecular formula is C12H13BrN2OS. The Kier molecular flexibility index (Phi) is 4.39. The van der Waals surface area contributed by atoms with Gasteiger partial charge in [0.1, 0.15) is 11.6 Å². The van der Waals surface area contributed by atoms with Crippen molar-refractivity contribution in [3.8, 4) is 5.75 Å². The van der Waals surface area contributed by atoms with Gasteiger partial charge in [-0.3, -0.25) is 0 Å². The van der Waals surface area contributed by atoms with Crippen molar-refractivity contribution < 1.29 is 4.74 Å². The summed E-state index contributed by atoms with van der Waals surface area (Å²) in [6, 6.07) is 8.03. The van der Waals surface area contributed by atoms with E-state index >= 15 is 0 Å². The normalized spacial score (nSPS) is 10.2. The van der Waals surface area contributed by atoms with Crippen molar-refractivity contribution in [2.24, 2.45) is 0 Å². The number of aromatic nitrogens is 1. The number of nitrogens with one attached hydrogen (secondary N) is 1. The first-order valence-corrected chi connectivity index (χ1v) is 6.87. The Morgan fingerprint density at radius 1 is 1.35 bits per heavy atom. The number of hydrogen-bond donors (Lipinski definition) is 1. The number of nitrogens with zero attached hydrogens (tertiary/aromatic N) is 1. The molecule has 0 aliphatic rings. The fourth-order valence-corrected chi connectivity index (χ4v) is 2.89. The van der Waals surface area contributed by atoms with E-state index in [0.717, 1.165) is 24.5 Å². The van der Waals surface area contributed by atoms with Gasteiger partial charge < -0.3 is 10.1 Å². The molecule has 0 unspecified atom stereocenters. The zero-order valence-corrected chi connectivity index (χ0v) is 11.8. The largest absolute Gasteiger partial charge is 0.495 e. The topological polar surface area (TPSA) is 34.1 Å². The standard InChI is InChI=1S/C12H13BrN2OS/c1-16-9-2-5-12(15-8-9)14-7-6-10-3-4-11(13)17-10/h2-5,8H,6-7H2,1H3,(H,14,15). The Hall–Kier alpha value is -1.07. The first kappa shape index (κ1) is 12.4. The zero-order valence-electron chi connectivity index (χ0n) is 9.44. The molecule has 0 radical (unpaired) electrons. The molecule has 0 bridgehead atoms. The Morgan fingerprint density at radius 2 is 2.24 bits per heavy atom. The summed E-state index contributed by atoms with van der Waals surface area (Å²) in [4.78, 5) is 5.60. The molecule has 5 heteroatoms. The summed E-state index contributed by atoms with van der Waals surface area (Å²) in [5, 5.41) is 3.28. The Morgan fingerprint density at radius 3 is 2.82 bits per heavy atom. The van der Waals surface area contributed by atoms with Crippen molar-refractivity contribution in [2.45, 2.75) is 6.42 Å². The molecule has 2 heterocycles. The van der Waals surface area contributed by atoms with E-state index in [-0.39, 0.29) is 0 Å². The summed E-state index contributed by atoms with van der Waals surface area (Å²) in [6.07, 6.45) is 2.72. The quantitative estimate of drug-likeness (QED) is 0.916. The van der Waals surface area contributed by atoms with Crippen LogP contribution in [0.1, 0.15) is 4.88 Å². The van der Waals surface area contributed by atoms with E-state index in [0.29, 0.717) is 0 Å². The minimum atomic E-state index is 0.776. The first-order valence-electron chi connectivity index (χ1n) is 5.26. The SMILES string of the molecule is COc1ccc(NCCc2ccc(Br)s2)nc1. The molecule has 0 fully saturated rings. The molecule has 3 nitrogen and oxygen atoms in total. The van der Waals surface area contributed by atoms with Crippen LogP contribution in [0.15, 0.2) is 34.2 Å². The lowest BCUT2D eigenvalue weighted by Crippen LogP contribution is -2.05. The van der Waals surface area contributed by atoms with Crippen molar-refractivity contribution in [3.05, 3.63) is 39.1 Å². The summed E-state index contributed by atoms with van der Waals surface area (Å²) in [5.41, 5.74) is 0. The van der Waals surface area contributed by atoms with Gasteiger partial charge in [-0.15, -0.1) is 11.3 Å². The van der Waals surface area contributed by atoms with E-state index in [1.807, 2.05) is 12.1 Å². The van der Waals surface area contributed by atoms with E-state index in [1.54, 1.807) is 24.6 Å². The Labute approximate surface area is 113 Å². The molecule has 1 N–H and O–H groups in total. The number of methoxy groups -OCH3 is 1. The highest BCUT2D eigenvalue weighted by molar-refractivity contribution is 9.11. The lowest BCUT2D eigenvalue weighted by molar-refractivity contribution is 0.413. The minimum absolute atomic E-state index is 0.776. The van der Waals surface area contributed by atoms with Crippen LogP contribution in [0.2, 0.25) is 0 Å². The van der Waals surface area contributed by atoms with Crippen molar-refractivity contribution in [3.63, 3.8) is 0 Å². The molecule has 0 aliphatic carbocycles. The van der Waals surface area contributed by atoms with Gasteiger partial charge in [0.05, 0.1) is 17.1 Å². The zero-order chi connectivity index (χ0) is 12.1. The second-order valence-corrected chi connectivity index (χ2v) is 6.01. The molecule has 0 amide bonds. The van der Waals surface area contributed by atoms with Crippen molar-refractivity contribution in [1.82, 2.24) is 4.98 Å². The Balaban J connectivity index is 1.81. The van der Waals surface area contributed by atoms with Gasteiger partial charge in [0.15, 0.2) is 0 Å². The fraction of sp³-hybridized carbons (Fsp3) is 0.250. The van der Waals surface area contributed by atoms with E-state index < -0.39 is 0 Å². The van der Waals surface area contributed by atoms with Crippen LogP contribution in [0.5, 0.6) is 5.75 Å². The van der Waals surface area contributed by atoms with Crippen molar-refractivity contribution in [2.75, 3.05) is 19.0 Å². The van der Waals surface area contributed by atoms with Crippen LogP contribution in [0.4, 0.5) is 5.82 Å². The lowest BCUT2D eigenvalue weighted by Gasteiger charge is -2.05. The number of rotatable bonds is 5. The number of pyridine rings is 1. The van der Waals surface area contributed by atoms with Gasteiger partial charge in [-0.1, -0.05) is 0 Å². The molecule has 0 saturated carbocycles. The van der Waals surface area contributed by atoms with E-state index in [1.165, 1.54) is 8.66 Å². The van der Waals surface area contributed by atoms with Crippen molar-refractivity contribution in [1.29, 1.82) is 0 Å². The van der Waals surface area contributed by atoms with Crippen LogP contribution in [-0.2, 0) is 6.42 Å². The number of thiophene rings is 1. The number of hydrogen-bond acceptors (Lipinski definition) is 4. The maximum Gasteiger partial charge on any atom is 0.137 e. The van der Waals surface area contributed by atoms with Gasteiger partial charge in [-0.05, 0) is 46.6 Å². The third-order valence-electron chi connectivity index (χ3n) is 2.28. The molecule has 0 atom stereocenters. The van der Waals surface area contributed by atoms with Crippen LogP contribution < -0.4 is 10.1 Å². The number of halogens is 1. The van der Waals surface area contributed by atoms with Gasteiger partial charge in [0.2, 0.25) is 0 Å². The van der Waals surface area contributed by atoms with Crippen LogP contribution >= 0.6 is 27.3 Å². The maximum absolute atomic E-state index is 5.05. The predicted octanol–water partition coefficient (Wildman–Crippen LogP) is 3.57. The van der Waals surface area contributed by atoms with Crippen LogP contribution in [0, 0.1) is 0 Å².